The van der Waals surface area contributed by atoms with Crippen LogP contribution in [0.1, 0.15) is 55.9 Å². The van der Waals surface area contributed by atoms with Gasteiger partial charge in [0, 0.05) is 29.9 Å². The largest absolute Gasteiger partial charge is 0.356 e. The van der Waals surface area contributed by atoms with Crippen molar-refractivity contribution in [1.82, 2.24) is 15.3 Å². The van der Waals surface area contributed by atoms with E-state index < -0.39 is 0 Å². The third kappa shape index (κ3) is 3.82. The quantitative estimate of drug-likeness (QED) is 0.858. The van der Waals surface area contributed by atoms with Crippen LogP contribution in [-0.2, 0) is 4.79 Å². The molecule has 0 radical (unpaired) electrons. The first-order valence-corrected chi connectivity index (χ1v) is 11.1. The Labute approximate surface area is 165 Å². The number of amides is 1. The Balaban J connectivity index is 1.40. The topological polar surface area (TPSA) is 58.1 Å². The van der Waals surface area contributed by atoms with Crippen LogP contribution in [0, 0.1) is 25.7 Å². The Kier molecular flexibility index (Phi) is 5.35. The normalized spacial score (nSPS) is 24.3. The molecule has 27 heavy (non-hydrogen) atoms. The van der Waals surface area contributed by atoms with Gasteiger partial charge in [-0.15, -0.1) is 11.3 Å². The molecule has 2 fully saturated rings. The molecule has 2 aromatic heterocycles. The van der Waals surface area contributed by atoms with Crippen molar-refractivity contribution >= 4 is 33.3 Å². The van der Waals surface area contributed by atoms with Crippen LogP contribution in [0.25, 0.3) is 10.2 Å². The lowest BCUT2D eigenvalue weighted by atomic mass is 9.86. The maximum atomic E-state index is 12.7. The summed E-state index contributed by atoms with van der Waals surface area (Å²) < 4.78 is 0. The summed E-state index contributed by atoms with van der Waals surface area (Å²) in [4.78, 5) is 26.5. The van der Waals surface area contributed by atoms with Crippen molar-refractivity contribution in [3.63, 3.8) is 0 Å². The fraction of sp³-hybridized carbons (Fsp3) is 0.667. The summed E-state index contributed by atoms with van der Waals surface area (Å²) in [5.41, 5.74) is 1.29. The van der Waals surface area contributed by atoms with Crippen molar-refractivity contribution in [3.05, 3.63) is 16.8 Å². The SMILES string of the molecule is Cc1sc2ncnc(N3CCC(C(=O)NC4CCCC(C)C4)CC3)c2c1C. The number of piperidine rings is 1. The highest BCUT2D eigenvalue weighted by molar-refractivity contribution is 7.18. The highest BCUT2D eigenvalue weighted by atomic mass is 32.1. The van der Waals surface area contributed by atoms with E-state index in [4.69, 9.17) is 0 Å². The van der Waals surface area contributed by atoms with Crippen LogP contribution in [0.3, 0.4) is 0 Å². The van der Waals surface area contributed by atoms with E-state index in [1.54, 1.807) is 17.7 Å². The molecule has 1 saturated carbocycles. The number of aromatic nitrogens is 2. The number of hydrogen-bond donors (Lipinski definition) is 1. The molecule has 2 aromatic rings. The number of nitrogens with one attached hydrogen (secondary N) is 1. The predicted molar refractivity (Wildman–Crippen MR) is 111 cm³/mol. The molecule has 2 aliphatic rings. The van der Waals surface area contributed by atoms with Gasteiger partial charge >= 0.3 is 0 Å². The molecule has 146 valence electrons. The number of nitrogens with zero attached hydrogens (tertiary/aromatic N) is 3. The minimum absolute atomic E-state index is 0.140. The highest BCUT2D eigenvalue weighted by Crippen LogP contribution is 2.35. The van der Waals surface area contributed by atoms with Crippen molar-refractivity contribution in [1.29, 1.82) is 0 Å². The van der Waals surface area contributed by atoms with Crippen LogP contribution in [-0.4, -0.2) is 35.0 Å². The first-order chi connectivity index (χ1) is 13.0. The molecule has 2 unspecified atom stereocenters. The van der Waals surface area contributed by atoms with Crippen molar-refractivity contribution in [2.45, 2.75) is 65.3 Å². The maximum absolute atomic E-state index is 12.7. The lowest BCUT2D eigenvalue weighted by Crippen LogP contribution is -2.45. The molecule has 6 heteroatoms. The Morgan fingerprint density at radius 3 is 2.70 bits per heavy atom. The third-order valence-corrected chi connectivity index (χ3v) is 7.51. The summed E-state index contributed by atoms with van der Waals surface area (Å²) in [6, 6.07) is 0.386. The van der Waals surface area contributed by atoms with Crippen molar-refractivity contribution in [3.8, 4) is 0 Å². The molecule has 1 amide bonds. The number of rotatable bonds is 3. The van der Waals surface area contributed by atoms with E-state index in [1.807, 2.05) is 0 Å². The monoisotopic (exact) mass is 386 g/mol. The summed E-state index contributed by atoms with van der Waals surface area (Å²) in [5, 5.41) is 4.53. The van der Waals surface area contributed by atoms with Gasteiger partial charge in [-0.2, -0.15) is 0 Å². The summed E-state index contributed by atoms with van der Waals surface area (Å²) in [6.07, 6.45) is 8.32. The van der Waals surface area contributed by atoms with E-state index in [0.29, 0.717) is 6.04 Å². The van der Waals surface area contributed by atoms with Crippen LogP contribution in [0.4, 0.5) is 5.82 Å². The minimum atomic E-state index is 0.140. The lowest BCUT2D eigenvalue weighted by Gasteiger charge is -2.34. The number of fused-ring (bicyclic) bond motifs is 1. The van der Waals surface area contributed by atoms with Crippen LogP contribution in [0.2, 0.25) is 0 Å². The van der Waals surface area contributed by atoms with E-state index >= 15 is 0 Å². The zero-order valence-corrected chi connectivity index (χ0v) is 17.4. The molecule has 1 N–H and O–H groups in total. The van der Waals surface area contributed by atoms with Gasteiger partial charge < -0.3 is 10.2 Å². The van der Waals surface area contributed by atoms with Crippen molar-refractivity contribution < 1.29 is 4.79 Å². The summed E-state index contributed by atoms with van der Waals surface area (Å²) >= 11 is 1.74. The number of anilines is 1. The van der Waals surface area contributed by atoms with E-state index in [-0.39, 0.29) is 11.8 Å². The number of carbonyl (C=O) groups excluding carboxylic acids is 1. The predicted octanol–water partition coefficient (Wildman–Crippen LogP) is 4.22. The zero-order chi connectivity index (χ0) is 19.0. The zero-order valence-electron chi connectivity index (χ0n) is 16.6. The fourth-order valence-corrected chi connectivity index (χ4v) is 5.63. The molecule has 1 saturated heterocycles. The van der Waals surface area contributed by atoms with Gasteiger partial charge in [-0.25, -0.2) is 9.97 Å². The van der Waals surface area contributed by atoms with Crippen LogP contribution < -0.4 is 10.2 Å². The standard InChI is InChI=1S/C21H30N4OS/c1-13-5-4-6-17(11-13)24-20(26)16-7-9-25(10-8-16)19-18-14(2)15(3)27-21(18)23-12-22-19/h12-13,16-17H,4-11H2,1-3H3,(H,24,26). The summed E-state index contributed by atoms with van der Waals surface area (Å²) in [5.74, 6) is 2.19. The summed E-state index contributed by atoms with van der Waals surface area (Å²) in [7, 11) is 0. The second-order valence-corrected chi connectivity index (χ2v) is 9.60. The fourth-order valence-electron chi connectivity index (χ4n) is 4.64. The van der Waals surface area contributed by atoms with Crippen molar-refractivity contribution in [2.75, 3.05) is 18.0 Å². The van der Waals surface area contributed by atoms with Crippen molar-refractivity contribution in [2.24, 2.45) is 11.8 Å². The lowest BCUT2D eigenvalue weighted by molar-refractivity contribution is -0.126. The van der Waals surface area contributed by atoms with Gasteiger partial charge in [0.2, 0.25) is 5.91 Å². The summed E-state index contributed by atoms with van der Waals surface area (Å²) in [6.45, 7) is 8.38. The Morgan fingerprint density at radius 2 is 1.96 bits per heavy atom. The molecule has 2 atom stereocenters. The molecule has 1 aliphatic heterocycles. The van der Waals surface area contributed by atoms with E-state index in [2.05, 4.69) is 41.0 Å². The van der Waals surface area contributed by atoms with Gasteiger partial charge in [0.15, 0.2) is 0 Å². The molecule has 1 aliphatic carbocycles. The Hall–Kier alpha value is -1.69. The van der Waals surface area contributed by atoms with Gasteiger partial charge in [-0.05, 0) is 51.0 Å². The molecule has 0 spiro atoms. The number of aryl methyl sites for hydroxylation is 2. The average Bonchev–Trinajstić information content (AvgIpc) is 2.96. The van der Waals surface area contributed by atoms with Gasteiger partial charge in [0.1, 0.15) is 17.0 Å². The Morgan fingerprint density at radius 1 is 1.19 bits per heavy atom. The van der Waals surface area contributed by atoms with E-state index in [0.717, 1.165) is 55.3 Å². The number of thiophene rings is 1. The van der Waals surface area contributed by atoms with Gasteiger partial charge in [0.05, 0.1) is 5.39 Å². The molecule has 4 rings (SSSR count). The molecule has 0 aromatic carbocycles. The third-order valence-electron chi connectivity index (χ3n) is 6.39. The molecule has 5 nitrogen and oxygen atoms in total. The average molecular weight is 387 g/mol. The van der Waals surface area contributed by atoms with E-state index in [1.165, 1.54) is 28.7 Å². The maximum Gasteiger partial charge on any atom is 0.223 e. The number of carbonyl (C=O) groups is 1. The first kappa shape index (κ1) is 18.7. The molecular formula is C21H30N4OS. The molecule has 0 bridgehead atoms. The minimum Gasteiger partial charge on any atom is -0.356 e. The van der Waals surface area contributed by atoms with E-state index in [9.17, 15) is 4.79 Å². The second kappa shape index (κ2) is 7.74. The molecule has 3 heterocycles. The first-order valence-electron chi connectivity index (χ1n) is 10.3. The highest BCUT2D eigenvalue weighted by Gasteiger charge is 2.29. The van der Waals surface area contributed by atoms with Gasteiger partial charge in [0.25, 0.3) is 0 Å². The van der Waals surface area contributed by atoms with Crippen LogP contribution in [0.5, 0.6) is 0 Å². The Bertz CT molecular complexity index is 825. The van der Waals surface area contributed by atoms with Crippen LogP contribution >= 0.6 is 11.3 Å². The second-order valence-electron chi connectivity index (χ2n) is 8.40. The van der Waals surface area contributed by atoms with Gasteiger partial charge in [-0.3, -0.25) is 4.79 Å². The van der Waals surface area contributed by atoms with Gasteiger partial charge in [-0.1, -0.05) is 19.8 Å². The number of hydrogen-bond acceptors (Lipinski definition) is 5. The van der Waals surface area contributed by atoms with Crippen LogP contribution in [0.15, 0.2) is 6.33 Å². The molecular weight excluding hydrogens is 356 g/mol. The smallest absolute Gasteiger partial charge is 0.223 e.